The van der Waals surface area contributed by atoms with Crippen molar-refractivity contribution in [1.82, 2.24) is 4.98 Å². The van der Waals surface area contributed by atoms with E-state index in [2.05, 4.69) is 14.5 Å². The van der Waals surface area contributed by atoms with E-state index in [1.165, 1.54) is 24.3 Å². The highest BCUT2D eigenvalue weighted by atomic mass is 35.5. The van der Waals surface area contributed by atoms with Crippen LogP contribution in [0.15, 0.2) is 24.3 Å². The zero-order valence-corrected chi connectivity index (χ0v) is 12.4. The van der Waals surface area contributed by atoms with Crippen LogP contribution in [-0.4, -0.2) is 24.7 Å². The van der Waals surface area contributed by atoms with E-state index >= 15 is 0 Å². The molecule has 1 aromatic heterocycles. The van der Waals surface area contributed by atoms with Crippen molar-refractivity contribution < 1.29 is 27.4 Å². The van der Waals surface area contributed by atoms with Gasteiger partial charge in [-0.05, 0) is 24.3 Å². The van der Waals surface area contributed by atoms with Crippen molar-refractivity contribution in [2.75, 3.05) is 12.8 Å². The van der Waals surface area contributed by atoms with Gasteiger partial charge in [-0.15, -0.1) is 0 Å². The molecule has 2 N–H and O–H groups in total. The van der Waals surface area contributed by atoms with Gasteiger partial charge in [-0.25, -0.2) is 14.2 Å². The molecule has 0 aliphatic carbocycles. The number of ether oxygens (including phenoxy) is 2. The predicted molar refractivity (Wildman–Crippen MR) is 77.0 cm³/mol. The van der Waals surface area contributed by atoms with Crippen molar-refractivity contribution in [2.45, 2.75) is 6.61 Å². The molecule has 0 saturated carbocycles. The fourth-order valence-corrected chi connectivity index (χ4v) is 1.98. The monoisotopic (exact) mass is 346 g/mol. The lowest BCUT2D eigenvalue weighted by Gasteiger charge is -2.11. The van der Waals surface area contributed by atoms with Crippen molar-refractivity contribution in [3.63, 3.8) is 0 Å². The average molecular weight is 347 g/mol. The highest BCUT2D eigenvalue weighted by molar-refractivity contribution is 6.35. The van der Waals surface area contributed by atoms with Crippen LogP contribution in [0.5, 0.6) is 5.75 Å². The number of pyridine rings is 1. The first-order valence-electron chi connectivity index (χ1n) is 6.13. The minimum Gasteiger partial charge on any atom is -0.464 e. The van der Waals surface area contributed by atoms with Crippen LogP contribution in [0.1, 0.15) is 10.5 Å². The number of nitrogens with two attached hydrogens (primary N) is 1. The minimum atomic E-state index is -2.98. The second-order valence-corrected chi connectivity index (χ2v) is 4.62. The van der Waals surface area contributed by atoms with Gasteiger partial charge < -0.3 is 15.2 Å². The van der Waals surface area contributed by atoms with E-state index in [0.29, 0.717) is 0 Å². The molecule has 2 rings (SSSR count). The van der Waals surface area contributed by atoms with Crippen molar-refractivity contribution in [1.29, 1.82) is 0 Å². The summed E-state index contributed by atoms with van der Waals surface area (Å²) < 4.78 is 47.1. The molecule has 0 bridgehead atoms. The second-order valence-electron chi connectivity index (χ2n) is 4.25. The maximum atomic E-state index is 14.2. The lowest BCUT2D eigenvalue weighted by molar-refractivity contribution is -0.0498. The van der Waals surface area contributed by atoms with Crippen LogP contribution < -0.4 is 10.5 Å². The molecule has 0 aliphatic heterocycles. The summed E-state index contributed by atoms with van der Waals surface area (Å²) in [6.45, 7) is -2.98. The fraction of sp³-hybridized carbons (Fsp3) is 0.143. The first-order valence-corrected chi connectivity index (χ1v) is 6.51. The summed E-state index contributed by atoms with van der Waals surface area (Å²) in [5.41, 5.74) is 4.64. The van der Waals surface area contributed by atoms with Gasteiger partial charge in [-0.1, -0.05) is 11.6 Å². The number of nitrogens with zero attached hydrogens (tertiary/aromatic N) is 1. The quantitative estimate of drug-likeness (QED) is 0.857. The molecule has 0 atom stereocenters. The van der Waals surface area contributed by atoms with Gasteiger partial charge >= 0.3 is 12.6 Å². The summed E-state index contributed by atoms with van der Waals surface area (Å²) >= 11 is 5.78. The molecular formula is C14H10ClF3N2O3. The number of alkyl halides is 2. The van der Waals surface area contributed by atoms with E-state index in [9.17, 15) is 18.0 Å². The lowest BCUT2D eigenvalue weighted by Crippen LogP contribution is -2.10. The molecule has 0 unspecified atom stereocenters. The van der Waals surface area contributed by atoms with E-state index in [4.69, 9.17) is 17.3 Å². The summed E-state index contributed by atoms with van der Waals surface area (Å²) in [6.07, 6.45) is 0. The number of halogens is 4. The van der Waals surface area contributed by atoms with Crippen molar-refractivity contribution in [3.05, 3.63) is 40.8 Å². The summed E-state index contributed by atoms with van der Waals surface area (Å²) in [4.78, 5) is 15.4. The molecule has 2 aromatic rings. The number of anilines is 1. The van der Waals surface area contributed by atoms with Crippen LogP contribution in [0, 0.1) is 5.82 Å². The van der Waals surface area contributed by atoms with Gasteiger partial charge in [0.15, 0.2) is 11.5 Å². The Bertz CT molecular complexity index is 739. The number of carbonyl (C=O) groups is 1. The Morgan fingerprint density at radius 1 is 1.30 bits per heavy atom. The van der Waals surface area contributed by atoms with Gasteiger partial charge in [0.05, 0.1) is 17.8 Å². The number of carbonyl (C=O) groups excluding carboxylic acids is 1. The molecular weight excluding hydrogens is 337 g/mol. The van der Waals surface area contributed by atoms with Crippen molar-refractivity contribution in [3.8, 4) is 17.0 Å². The molecule has 5 nitrogen and oxygen atoms in total. The molecule has 0 aliphatic rings. The van der Waals surface area contributed by atoms with Crippen LogP contribution in [0.4, 0.5) is 18.9 Å². The predicted octanol–water partition coefficient (Wildman–Crippen LogP) is 3.51. The Kier molecular flexibility index (Phi) is 4.95. The Morgan fingerprint density at radius 2 is 1.91 bits per heavy atom. The Labute approximate surface area is 133 Å². The number of hydrogen-bond donors (Lipinski definition) is 1. The smallest absolute Gasteiger partial charge is 0.387 e. The first kappa shape index (κ1) is 16.9. The van der Waals surface area contributed by atoms with Crippen LogP contribution in [-0.2, 0) is 4.74 Å². The van der Waals surface area contributed by atoms with Gasteiger partial charge in [-0.2, -0.15) is 8.78 Å². The topological polar surface area (TPSA) is 74.4 Å². The van der Waals surface area contributed by atoms with Crippen LogP contribution in [0.25, 0.3) is 11.3 Å². The highest BCUT2D eigenvalue weighted by Gasteiger charge is 2.22. The molecule has 23 heavy (non-hydrogen) atoms. The van der Waals surface area contributed by atoms with Crippen LogP contribution in [0.2, 0.25) is 5.02 Å². The number of hydrogen-bond acceptors (Lipinski definition) is 5. The van der Waals surface area contributed by atoms with Gasteiger partial charge in [0.2, 0.25) is 0 Å². The summed E-state index contributed by atoms with van der Waals surface area (Å²) in [7, 11) is 1.11. The van der Waals surface area contributed by atoms with E-state index in [1.807, 2.05) is 0 Å². The van der Waals surface area contributed by atoms with Gasteiger partial charge in [0.1, 0.15) is 11.4 Å². The van der Waals surface area contributed by atoms with Crippen molar-refractivity contribution >= 4 is 23.3 Å². The number of methoxy groups -OCH3 is 1. The largest absolute Gasteiger partial charge is 0.464 e. The van der Waals surface area contributed by atoms with Gasteiger partial charge in [0, 0.05) is 5.56 Å². The van der Waals surface area contributed by atoms with E-state index in [-0.39, 0.29) is 27.7 Å². The first-order chi connectivity index (χ1) is 10.8. The standard InChI is InChI=1S/C14H10ClF3N2O3/c1-22-13(21)12-8(15)10(19)9(16)11(20-12)6-2-4-7(5-3-6)23-14(17)18/h2-5,14H,1H3,(H2,19,20). The maximum Gasteiger partial charge on any atom is 0.387 e. The fourth-order valence-electron chi connectivity index (χ4n) is 1.78. The maximum absolute atomic E-state index is 14.2. The zero-order chi connectivity index (χ0) is 17.1. The van der Waals surface area contributed by atoms with Gasteiger partial charge in [0.25, 0.3) is 0 Å². The minimum absolute atomic E-state index is 0.112. The molecule has 0 fully saturated rings. The lowest BCUT2D eigenvalue weighted by atomic mass is 10.1. The normalized spacial score (nSPS) is 10.7. The number of aromatic nitrogens is 1. The molecule has 1 aromatic carbocycles. The molecule has 0 saturated heterocycles. The number of rotatable bonds is 4. The highest BCUT2D eigenvalue weighted by Crippen LogP contribution is 2.33. The van der Waals surface area contributed by atoms with Crippen LogP contribution >= 0.6 is 11.6 Å². The van der Waals surface area contributed by atoms with Crippen LogP contribution in [0.3, 0.4) is 0 Å². The van der Waals surface area contributed by atoms with E-state index < -0.39 is 24.1 Å². The third kappa shape index (κ3) is 3.48. The SMILES string of the molecule is COC(=O)c1nc(-c2ccc(OC(F)F)cc2)c(F)c(N)c1Cl. The molecule has 9 heteroatoms. The number of benzene rings is 1. The third-order valence-corrected chi connectivity index (χ3v) is 3.23. The summed E-state index contributed by atoms with van der Waals surface area (Å²) in [5.74, 6) is -1.94. The number of nitrogen functional groups attached to an aromatic ring is 1. The zero-order valence-electron chi connectivity index (χ0n) is 11.6. The molecule has 122 valence electrons. The Balaban J connectivity index is 2.50. The third-order valence-electron chi connectivity index (χ3n) is 2.84. The Hall–Kier alpha value is -2.48. The number of esters is 1. The summed E-state index contributed by atoms with van der Waals surface area (Å²) in [5, 5.41) is -0.365. The molecule has 0 radical (unpaired) electrons. The van der Waals surface area contributed by atoms with E-state index in [0.717, 1.165) is 7.11 Å². The van der Waals surface area contributed by atoms with E-state index in [1.54, 1.807) is 0 Å². The molecule has 0 amide bonds. The summed E-state index contributed by atoms with van der Waals surface area (Å²) in [6, 6.07) is 4.98. The molecule has 1 heterocycles. The molecule has 0 spiro atoms. The van der Waals surface area contributed by atoms with Crippen molar-refractivity contribution in [2.24, 2.45) is 0 Å². The average Bonchev–Trinajstić information content (AvgIpc) is 2.53. The Morgan fingerprint density at radius 3 is 2.43 bits per heavy atom. The second kappa shape index (κ2) is 6.74. The van der Waals surface area contributed by atoms with Gasteiger partial charge in [-0.3, -0.25) is 0 Å².